The molecule has 0 amide bonds. The van der Waals surface area contributed by atoms with Crippen molar-refractivity contribution in [3.63, 3.8) is 0 Å². The highest BCUT2D eigenvalue weighted by atomic mass is 35.5. The van der Waals surface area contributed by atoms with Crippen LogP contribution in [0.5, 0.6) is 5.75 Å². The third-order valence-electron chi connectivity index (χ3n) is 3.65. The SMILES string of the molecule is O=C(O)C1CSC(c2ccc(OCc3ccc(Cl)c(Cl)c3)cc2)N1. The van der Waals surface area contributed by atoms with Gasteiger partial charge in [0.25, 0.3) is 0 Å². The van der Waals surface area contributed by atoms with Gasteiger partial charge in [-0.25, -0.2) is 0 Å². The van der Waals surface area contributed by atoms with Gasteiger partial charge in [0, 0.05) is 5.75 Å². The third kappa shape index (κ3) is 4.16. The first-order valence-electron chi connectivity index (χ1n) is 7.30. The van der Waals surface area contributed by atoms with Crippen molar-refractivity contribution in [2.45, 2.75) is 18.0 Å². The lowest BCUT2D eigenvalue weighted by atomic mass is 10.2. The Morgan fingerprint density at radius 1 is 1.21 bits per heavy atom. The van der Waals surface area contributed by atoms with Crippen molar-refractivity contribution in [2.24, 2.45) is 0 Å². The number of hydrogen-bond acceptors (Lipinski definition) is 4. The van der Waals surface area contributed by atoms with Crippen molar-refractivity contribution in [2.75, 3.05) is 5.75 Å². The summed E-state index contributed by atoms with van der Waals surface area (Å²) in [6.07, 6.45) is 0. The second-order valence-electron chi connectivity index (χ2n) is 5.38. The first-order valence-corrected chi connectivity index (χ1v) is 9.10. The van der Waals surface area contributed by atoms with Crippen LogP contribution in [0.25, 0.3) is 0 Å². The summed E-state index contributed by atoms with van der Waals surface area (Å²) in [6, 6.07) is 12.5. The maximum absolute atomic E-state index is 11.0. The molecule has 0 radical (unpaired) electrons. The molecule has 3 rings (SSSR count). The normalized spacial score (nSPS) is 20.1. The fourth-order valence-corrected chi connectivity index (χ4v) is 3.90. The van der Waals surface area contributed by atoms with E-state index in [-0.39, 0.29) is 5.37 Å². The minimum atomic E-state index is -0.813. The van der Waals surface area contributed by atoms with E-state index in [2.05, 4.69) is 5.32 Å². The quantitative estimate of drug-likeness (QED) is 0.802. The van der Waals surface area contributed by atoms with Gasteiger partial charge in [-0.15, -0.1) is 11.8 Å². The topological polar surface area (TPSA) is 58.6 Å². The van der Waals surface area contributed by atoms with Crippen LogP contribution in [-0.2, 0) is 11.4 Å². The molecular weight excluding hydrogens is 369 g/mol. The second-order valence-corrected chi connectivity index (χ2v) is 7.33. The zero-order chi connectivity index (χ0) is 17.1. The molecule has 2 N–H and O–H groups in total. The van der Waals surface area contributed by atoms with Crippen molar-refractivity contribution in [3.05, 3.63) is 63.6 Å². The molecule has 1 saturated heterocycles. The Bertz CT molecular complexity index is 739. The average Bonchev–Trinajstić information content (AvgIpc) is 3.07. The highest BCUT2D eigenvalue weighted by molar-refractivity contribution is 7.99. The Balaban J connectivity index is 1.58. The van der Waals surface area contributed by atoms with Gasteiger partial charge in [0.2, 0.25) is 0 Å². The maximum Gasteiger partial charge on any atom is 0.321 e. The maximum atomic E-state index is 11.0. The lowest BCUT2D eigenvalue weighted by Gasteiger charge is -2.12. The molecule has 1 aliphatic heterocycles. The fraction of sp³-hybridized carbons (Fsp3) is 0.235. The molecule has 2 atom stereocenters. The molecule has 0 aliphatic carbocycles. The van der Waals surface area contributed by atoms with Gasteiger partial charge in [0.05, 0.1) is 15.4 Å². The van der Waals surface area contributed by atoms with Gasteiger partial charge >= 0.3 is 5.97 Å². The number of benzene rings is 2. The molecule has 0 bridgehead atoms. The Kier molecular flexibility index (Phi) is 5.56. The van der Waals surface area contributed by atoms with Crippen LogP contribution in [0.4, 0.5) is 0 Å². The number of nitrogens with one attached hydrogen (secondary N) is 1. The van der Waals surface area contributed by atoms with Gasteiger partial charge < -0.3 is 9.84 Å². The molecule has 0 saturated carbocycles. The Morgan fingerprint density at radius 2 is 1.96 bits per heavy atom. The largest absolute Gasteiger partial charge is 0.489 e. The van der Waals surface area contributed by atoms with Crippen LogP contribution in [0.1, 0.15) is 16.5 Å². The number of carboxylic acids is 1. The van der Waals surface area contributed by atoms with Crippen molar-refractivity contribution >= 4 is 40.9 Å². The summed E-state index contributed by atoms with van der Waals surface area (Å²) in [5.41, 5.74) is 1.97. The van der Waals surface area contributed by atoms with E-state index in [0.717, 1.165) is 16.9 Å². The summed E-state index contributed by atoms with van der Waals surface area (Å²) in [7, 11) is 0. The average molecular weight is 384 g/mol. The second kappa shape index (κ2) is 7.66. The van der Waals surface area contributed by atoms with E-state index in [1.54, 1.807) is 23.9 Å². The van der Waals surface area contributed by atoms with Crippen LogP contribution < -0.4 is 10.1 Å². The first-order chi connectivity index (χ1) is 11.5. The van der Waals surface area contributed by atoms with Crippen LogP contribution in [0.2, 0.25) is 10.0 Å². The molecule has 2 unspecified atom stereocenters. The molecule has 1 heterocycles. The van der Waals surface area contributed by atoms with E-state index in [1.165, 1.54) is 0 Å². The number of thioether (sulfide) groups is 1. The summed E-state index contributed by atoms with van der Waals surface area (Å²) >= 11 is 13.5. The highest BCUT2D eigenvalue weighted by Gasteiger charge is 2.30. The summed E-state index contributed by atoms with van der Waals surface area (Å²) in [5.74, 6) is 0.490. The number of carbonyl (C=O) groups is 1. The van der Waals surface area contributed by atoms with E-state index in [1.807, 2.05) is 30.3 Å². The van der Waals surface area contributed by atoms with Crippen LogP contribution in [-0.4, -0.2) is 22.9 Å². The highest BCUT2D eigenvalue weighted by Crippen LogP contribution is 2.33. The van der Waals surface area contributed by atoms with Crippen LogP contribution >= 0.6 is 35.0 Å². The number of ether oxygens (including phenoxy) is 1. The van der Waals surface area contributed by atoms with E-state index in [0.29, 0.717) is 22.4 Å². The first kappa shape index (κ1) is 17.4. The predicted molar refractivity (Wildman–Crippen MR) is 97.0 cm³/mol. The molecule has 4 nitrogen and oxygen atoms in total. The number of halogens is 2. The molecule has 0 aromatic heterocycles. The van der Waals surface area contributed by atoms with E-state index < -0.39 is 12.0 Å². The minimum Gasteiger partial charge on any atom is -0.489 e. The molecule has 24 heavy (non-hydrogen) atoms. The lowest BCUT2D eigenvalue weighted by molar-refractivity contribution is -0.138. The summed E-state index contributed by atoms with van der Waals surface area (Å²) in [6.45, 7) is 0.397. The fourth-order valence-electron chi connectivity index (χ4n) is 2.34. The minimum absolute atomic E-state index is 0.00442. The summed E-state index contributed by atoms with van der Waals surface area (Å²) in [5, 5.41) is 13.1. The molecule has 0 spiro atoms. The summed E-state index contributed by atoms with van der Waals surface area (Å²) in [4.78, 5) is 11.0. The molecule has 126 valence electrons. The molecule has 7 heteroatoms. The van der Waals surface area contributed by atoms with Crippen molar-refractivity contribution in [1.29, 1.82) is 0 Å². The van der Waals surface area contributed by atoms with Crippen LogP contribution in [0.15, 0.2) is 42.5 Å². The van der Waals surface area contributed by atoms with Crippen molar-refractivity contribution < 1.29 is 14.6 Å². The van der Waals surface area contributed by atoms with E-state index in [9.17, 15) is 4.79 Å². The molecule has 2 aromatic carbocycles. The van der Waals surface area contributed by atoms with Crippen molar-refractivity contribution in [1.82, 2.24) is 5.32 Å². The lowest BCUT2D eigenvalue weighted by Crippen LogP contribution is -2.33. The smallest absolute Gasteiger partial charge is 0.321 e. The standard InChI is InChI=1S/C17H15Cl2NO3S/c18-13-6-1-10(7-14(13)19)8-23-12-4-2-11(3-5-12)16-20-15(9-24-16)17(21)22/h1-7,15-16,20H,8-9H2,(H,21,22). The molecule has 1 fully saturated rings. The van der Waals surface area contributed by atoms with Gasteiger partial charge in [-0.3, -0.25) is 10.1 Å². The number of carboxylic acid groups (broad SMARTS) is 1. The van der Waals surface area contributed by atoms with Gasteiger partial charge in [0.15, 0.2) is 0 Å². The van der Waals surface area contributed by atoms with Crippen LogP contribution in [0.3, 0.4) is 0 Å². The van der Waals surface area contributed by atoms with Crippen LogP contribution in [0, 0.1) is 0 Å². The summed E-state index contributed by atoms with van der Waals surface area (Å²) < 4.78 is 5.74. The monoisotopic (exact) mass is 383 g/mol. The Hall–Kier alpha value is -1.40. The zero-order valence-electron chi connectivity index (χ0n) is 12.5. The Labute approximate surface area is 154 Å². The van der Waals surface area contributed by atoms with Gasteiger partial charge in [-0.1, -0.05) is 41.4 Å². The van der Waals surface area contributed by atoms with E-state index >= 15 is 0 Å². The zero-order valence-corrected chi connectivity index (χ0v) is 14.9. The van der Waals surface area contributed by atoms with E-state index in [4.69, 9.17) is 33.0 Å². The molecule has 1 aliphatic rings. The molecule has 2 aromatic rings. The van der Waals surface area contributed by atoms with Gasteiger partial charge in [0.1, 0.15) is 18.4 Å². The number of rotatable bonds is 5. The van der Waals surface area contributed by atoms with Gasteiger partial charge in [-0.2, -0.15) is 0 Å². The van der Waals surface area contributed by atoms with Gasteiger partial charge in [-0.05, 0) is 35.4 Å². The number of aliphatic carboxylic acids is 1. The third-order valence-corrected chi connectivity index (χ3v) is 5.66. The number of hydrogen-bond donors (Lipinski definition) is 2. The molecular formula is C17H15Cl2NO3S. The predicted octanol–water partition coefficient (Wildman–Crippen LogP) is 4.36. The van der Waals surface area contributed by atoms with Crippen molar-refractivity contribution in [3.8, 4) is 5.75 Å². The Morgan fingerprint density at radius 3 is 2.58 bits per heavy atom.